The lowest BCUT2D eigenvalue weighted by molar-refractivity contribution is 0.0550. The van der Waals surface area contributed by atoms with E-state index < -0.39 is 5.60 Å². The van der Waals surface area contributed by atoms with Gasteiger partial charge in [0.1, 0.15) is 0 Å². The lowest BCUT2D eigenvalue weighted by Crippen LogP contribution is -2.41. The Bertz CT molecular complexity index is 631. The third-order valence-corrected chi connectivity index (χ3v) is 3.65. The van der Waals surface area contributed by atoms with E-state index in [0.29, 0.717) is 0 Å². The second kappa shape index (κ2) is 5.38. The van der Waals surface area contributed by atoms with Crippen molar-refractivity contribution in [3.05, 3.63) is 23.2 Å². The van der Waals surface area contributed by atoms with Gasteiger partial charge in [-0.1, -0.05) is 0 Å². The fourth-order valence-electron chi connectivity index (χ4n) is 1.99. The van der Waals surface area contributed by atoms with Crippen molar-refractivity contribution in [2.45, 2.75) is 26.4 Å². The van der Waals surface area contributed by atoms with Crippen molar-refractivity contribution in [2.75, 3.05) is 18.9 Å². The summed E-state index contributed by atoms with van der Waals surface area (Å²) in [6.45, 7) is 5.56. The summed E-state index contributed by atoms with van der Waals surface area (Å²) in [6.07, 6.45) is 0. The number of benzene rings is 1. The van der Waals surface area contributed by atoms with E-state index in [9.17, 15) is 9.90 Å². The molecule has 0 radical (unpaired) electrons. The summed E-state index contributed by atoms with van der Waals surface area (Å²) in [5.41, 5.74) is 0.759. The smallest absolute Gasteiger partial charge is 0.321 e. The maximum atomic E-state index is 12.0. The second-order valence-electron chi connectivity index (χ2n) is 5.51. The molecule has 0 fully saturated rings. The van der Waals surface area contributed by atoms with Crippen LogP contribution in [0.25, 0.3) is 10.2 Å². The zero-order chi connectivity index (χ0) is 14.9. The Hall–Kier alpha value is -1.66. The molecule has 5 nitrogen and oxygen atoms in total. The zero-order valence-corrected chi connectivity index (χ0v) is 12.9. The van der Waals surface area contributed by atoms with Gasteiger partial charge in [0.25, 0.3) is 0 Å². The molecule has 0 spiro atoms. The Balaban J connectivity index is 2.09. The van der Waals surface area contributed by atoms with E-state index in [4.69, 9.17) is 0 Å². The number of hydrogen-bond acceptors (Lipinski definition) is 4. The van der Waals surface area contributed by atoms with E-state index in [1.807, 2.05) is 25.1 Å². The average Bonchev–Trinajstić information content (AvgIpc) is 2.66. The molecule has 1 aromatic carbocycles. The monoisotopic (exact) mass is 293 g/mol. The van der Waals surface area contributed by atoms with Crippen LogP contribution in [0, 0.1) is 6.92 Å². The van der Waals surface area contributed by atoms with Crippen molar-refractivity contribution in [3.8, 4) is 0 Å². The number of aliphatic hydroxyl groups is 1. The predicted octanol–water partition coefficient (Wildman–Crippen LogP) is 2.84. The van der Waals surface area contributed by atoms with Crippen LogP contribution in [0.4, 0.5) is 10.5 Å². The van der Waals surface area contributed by atoms with Gasteiger partial charge in [-0.2, -0.15) is 0 Å². The highest BCUT2D eigenvalue weighted by Crippen LogP contribution is 2.24. The molecule has 1 aromatic heterocycles. The average molecular weight is 293 g/mol. The van der Waals surface area contributed by atoms with Gasteiger partial charge in [0, 0.05) is 12.7 Å². The molecule has 0 atom stereocenters. The van der Waals surface area contributed by atoms with Gasteiger partial charge in [0.15, 0.2) is 0 Å². The highest BCUT2D eigenvalue weighted by molar-refractivity contribution is 7.18. The third-order valence-electron chi connectivity index (χ3n) is 2.72. The molecule has 2 amide bonds. The molecule has 2 rings (SSSR count). The largest absolute Gasteiger partial charge is 0.389 e. The number of aromatic nitrogens is 1. The van der Waals surface area contributed by atoms with Gasteiger partial charge in [-0.15, -0.1) is 11.3 Å². The predicted molar refractivity (Wildman–Crippen MR) is 82.3 cm³/mol. The van der Waals surface area contributed by atoms with Crippen LogP contribution in [-0.4, -0.2) is 40.2 Å². The minimum Gasteiger partial charge on any atom is -0.389 e. The molecule has 1 heterocycles. The number of rotatable bonds is 3. The van der Waals surface area contributed by atoms with Crippen LogP contribution in [0.2, 0.25) is 0 Å². The van der Waals surface area contributed by atoms with E-state index in [0.717, 1.165) is 20.9 Å². The summed E-state index contributed by atoms with van der Waals surface area (Å²) < 4.78 is 1.05. The number of anilines is 1. The second-order valence-corrected chi connectivity index (χ2v) is 6.75. The van der Waals surface area contributed by atoms with Gasteiger partial charge in [0.2, 0.25) is 0 Å². The van der Waals surface area contributed by atoms with Gasteiger partial charge in [-0.3, -0.25) is 0 Å². The fraction of sp³-hybridized carbons (Fsp3) is 0.429. The number of likely N-dealkylation sites (N-methyl/N-ethyl adjacent to an activating group) is 1. The Morgan fingerprint density at radius 3 is 2.85 bits per heavy atom. The quantitative estimate of drug-likeness (QED) is 0.914. The topological polar surface area (TPSA) is 65.5 Å². The third kappa shape index (κ3) is 3.68. The van der Waals surface area contributed by atoms with Crippen molar-refractivity contribution in [1.82, 2.24) is 9.88 Å². The summed E-state index contributed by atoms with van der Waals surface area (Å²) in [5.74, 6) is 0. The summed E-state index contributed by atoms with van der Waals surface area (Å²) in [4.78, 5) is 17.9. The first-order valence-corrected chi connectivity index (χ1v) is 7.18. The van der Waals surface area contributed by atoms with Crippen LogP contribution in [0.1, 0.15) is 18.9 Å². The molecule has 0 aliphatic rings. The van der Waals surface area contributed by atoms with Crippen LogP contribution in [0.5, 0.6) is 0 Å². The Kier molecular flexibility index (Phi) is 3.96. The fourth-order valence-corrected chi connectivity index (χ4v) is 2.86. The van der Waals surface area contributed by atoms with Gasteiger partial charge < -0.3 is 15.3 Å². The zero-order valence-electron chi connectivity index (χ0n) is 12.1. The van der Waals surface area contributed by atoms with Crippen molar-refractivity contribution in [2.24, 2.45) is 0 Å². The van der Waals surface area contributed by atoms with Gasteiger partial charge in [-0.05, 0) is 39.0 Å². The van der Waals surface area contributed by atoms with Crippen LogP contribution >= 0.6 is 11.3 Å². The molecule has 0 aliphatic carbocycles. The SMILES string of the molecule is Cc1nc2ccc(NC(=O)N(C)CC(C)(C)O)cc2s1. The summed E-state index contributed by atoms with van der Waals surface area (Å²) in [5, 5.41) is 13.5. The van der Waals surface area contributed by atoms with Crippen molar-refractivity contribution >= 4 is 33.3 Å². The first-order valence-electron chi connectivity index (χ1n) is 6.36. The number of amides is 2. The number of hydrogen-bond donors (Lipinski definition) is 2. The van der Waals surface area contributed by atoms with E-state index in [1.165, 1.54) is 4.90 Å². The molecular weight excluding hydrogens is 274 g/mol. The first kappa shape index (κ1) is 14.7. The molecule has 2 aromatic rings. The summed E-state index contributed by atoms with van der Waals surface area (Å²) in [6, 6.07) is 5.39. The number of aryl methyl sites for hydroxylation is 1. The molecule has 20 heavy (non-hydrogen) atoms. The van der Waals surface area contributed by atoms with Crippen molar-refractivity contribution in [1.29, 1.82) is 0 Å². The van der Waals surface area contributed by atoms with E-state index in [-0.39, 0.29) is 12.6 Å². The van der Waals surface area contributed by atoms with E-state index in [2.05, 4.69) is 10.3 Å². The highest BCUT2D eigenvalue weighted by Gasteiger charge is 2.19. The molecular formula is C14H19N3O2S. The maximum absolute atomic E-state index is 12.0. The molecule has 0 saturated carbocycles. The van der Waals surface area contributed by atoms with Crippen LogP contribution in [0.3, 0.4) is 0 Å². The molecule has 0 unspecified atom stereocenters. The number of nitrogens with one attached hydrogen (secondary N) is 1. The van der Waals surface area contributed by atoms with E-state index >= 15 is 0 Å². The molecule has 0 saturated heterocycles. The number of carbonyl (C=O) groups is 1. The number of thiazole rings is 1. The summed E-state index contributed by atoms with van der Waals surface area (Å²) in [7, 11) is 1.66. The molecule has 108 valence electrons. The van der Waals surface area contributed by atoms with Crippen LogP contribution in [0.15, 0.2) is 18.2 Å². The first-order chi connectivity index (χ1) is 9.24. The minimum atomic E-state index is -0.912. The Labute approximate surface area is 122 Å². The summed E-state index contributed by atoms with van der Waals surface area (Å²) >= 11 is 1.60. The normalized spacial score (nSPS) is 11.7. The van der Waals surface area contributed by atoms with Gasteiger partial charge in [0.05, 0.1) is 27.4 Å². The van der Waals surface area contributed by atoms with Gasteiger partial charge >= 0.3 is 6.03 Å². The number of carbonyl (C=O) groups excluding carboxylic acids is 1. The Morgan fingerprint density at radius 2 is 2.20 bits per heavy atom. The number of fused-ring (bicyclic) bond motifs is 1. The van der Waals surface area contributed by atoms with Crippen LogP contribution in [-0.2, 0) is 0 Å². The lowest BCUT2D eigenvalue weighted by atomic mass is 10.1. The standard InChI is InChI=1S/C14H19N3O2S/c1-9-15-11-6-5-10(7-12(11)20-9)16-13(18)17(4)8-14(2,3)19/h5-7,19H,8H2,1-4H3,(H,16,18). The maximum Gasteiger partial charge on any atom is 0.321 e. The van der Waals surface area contributed by atoms with Crippen molar-refractivity contribution in [3.63, 3.8) is 0 Å². The highest BCUT2D eigenvalue weighted by atomic mass is 32.1. The molecule has 0 bridgehead atoms. The van der Waals surface area contributed by atoms with Crippen molar-refractivity contribution < 1.29 is 9.90 Å². The molecule has 2 N–H and O–H groups in total. The lowest BCUT2D eigenvalue weighted by Gasteiger charge is -2.25. The molecule has 0 aliphatic heterocycles. The van der Waals surface area contributed by atoms with Gasteiger partial charge in [-0.25, -0.2) is 9.78 Å². The number of nitrogens with zero attached hydrogens (tertiary/aromatic N) is 2. The Morgan fingerprint density at radius 1 is 1.50 bits per heavy atom. The molecule has 6 heteroatoms. The van der Waals surface area contributed by atoms with Crippen LogP contribution < -0.4 is 5.32 Å². The van der Waals surface area contributed by atoms with E-state index in [1.54, 1.807) is 32.2 Å². The number of urea groups is 1. The minimum absolute atomic E-state index is 0.243.